The summed E-state index contributed by atoms with van der Waals surface area (Å²) in [6, 6.07) is 13.9. The van der Waals surface area contributed by atoms with Gasteiger partial charge < -0.3 is 5.32 Å². The van der Waals surface area contributed by atoms with Crippen LogP contribution in [0.5, 0.6) is 0 Å². The number of aryl methyl sites for hydroxylation is 1. The standard InChI is InChI=1S/C20H17ClFN5/c1-12-13(2)23-20-25-18(11-14-4-3-5-16(22)10-14)26-27(20)19(12)24-17-8-6-15(21)7-9-17/h3-10,24H,11H2,1-2H3. The van der Waals surface area contributed by atoms with Crippen LogP contribution in [0.2, 0.25) is 5.02 Å². The summed E-state index contributed by atoms with van der Waals surface area (Å²) >= 11 is 5.97. The van der Waals surface area contributed by atoms with Crippen molar-refractivity contribution < 1.29 is 4.39 Å². The summed E-state index contributed by atoms with van der Waals surface area (Å²) < 4.78 is 15.1. The van der Waals surface area contributed by atoms with Gasteiger partial charge in [-0.1, -0.05) is 23.7 Å². The summed E-state index contributed by atoms with van der Waals surface area (Å²) in [7, 11) is 0. The van der Waals surface area contributed by atoms with Crippen LogP contribution in [0.4, 0.5) is 15.9 Å². The highest BCUT2D eigenvalue weighted by Crippen LogP contribution is 2.24. The molecule has 2 aromatic carbocycles. The normalized spacial score (nSPS) is 11.1. The van der Waals surface area contributed by atoms with Crippen LogP contribution in [0.1, 0.15) is 22.6 Å². The summed E-state index contributed by atoms with van der Waals surface area (Å²) in [5.74, 6) is 1.60. The highest BCUT2D eigenvalue weighted by atomic mass is 35.5. The fourth-order valence-electron chi connectivity index (χ4n) is 2.85. The molecular formula is C20H17ClFN5. The number of hydrogen-bond donors (Lipinski definition) is 1. The van der Waals surface area contributed by atoms with Gasteiger partial charge in [0.05, 0.1) is 0 Å². The molecule has 0 unspecified atom stereocenters. The second kappa shape index (κ2) is 6.96. The van der Waals surface area contributed by atoms with Crippen molar-refractivity contribution in [2.24, 2.45) is 0 Å². The van der Waals surface area contributed by atoms with Crippen LogP contribution < -0.4 is 5.32 Å². The Morgan fingerprint density at radius 3 is 2.59 bits per heavy atom. The predicted octanol–water partition coefficient (Wildman–Crippen LogP) is 4.87. The Balaban J connectivity index is 1.74. The maximum Gasteiger partial charge on any atom is 0.254 e. The molecule has 0 aliphatic heterocycles. The van der Waals surface area contributed by atoms with Gasteiger partial charge in [0.15, 0.2) is 5.82 Å². The van der Waals surface area contributed by atoms with E-state index in [0.717, 1.165) is 28.3 Å². The second-order valence-corrected chi connectivity index (χ2v) is 6.79. The number of nitrogens with zero attached hydrogens (tertiary/aromatic N) is 4. The highest BCUT2D eigenvalue weighted by Gasteiger charge is 2.14. The smallest absolute Gasteiger partial charge is 0.254 e. The molecule has 0 saturated carbocycles. The zero-order chi connectivity index (χ0) is 19.0. The monoisotopic (exact) mass is 381 g/mol. The van der Waals surface area contributed by atoms with Crippen molar-refractivity contribution in [2.45, 2.75) is 20.3 Å². The maximum atomic E-state index is 13.4. The third-order valence-corrected chi connectivity index (χ3v) is 4.62. The Morgan fingerprint density at radius 1 is 1.07 bits per heavy atom. The molecule has 1 N–H and O–H groups in total. The zero-order valence-electron chi connectivity index (χ0n) is 14.9. The molecule has 7 heteroatoms. The van der Waals surface area contributed by atoms with Gasteiger partial charge in [-0.2, -0.15) is 9.50 Å². The number of rotatable bonds is 4. The first-order valence-corrected chi connectivity index (χ1v) is 8.87. The van der Waals surface area contributed by atoms with Crippen LogP contribution in [0, 0.1) is 19.7 Å². The average molecular weight is 382 g/mol. The van der Waals surface area contributed by atoms with Crippen LogP contribution in [0.15, 0.2) is 48.5 Å². The van der Waals surface area contributed by atoms with E-state index >= 15 is 0 Å². The van der Waals surface area contributed by atoms with Crippen molar-refractivity contribution in [1.82, 2.24) is 19.6 Å². The Kier molecular flexibility index (Phi) is 4.49. The zero-order valence-corrected chi connectivity index (χ0v) is 15.6. The lowest BCUT2D eigenvalue weighted by Crippen LogP contribution is -2.06. The van der Waals surface area contributed by atoms with Crippen molar-refractivity contribution in [2.75, 3.05) is 5.32 Å². The van der Waals surface area contributed by atoms with Gasteiger partial charge in [-0.05, 0) is 55.8 Å². The van der Waals surface area contributed by atoms with Gasteiger partial charge in [0.25, 0.3) is 5.78 Å². The lowest BCUT2D eigenvalue weighted by molar-refractivity contribution is 0.625. The van der Waals surface area contributed by atoms with Gasteiger partial charge >= 0.3 is 0 Å². The number of aromatic nitrogens is 4. The molecule has 0 aliphatic carbocycles. The van der Waals surface area contributed by atoms with Crippen molar-refractivity contribution >= 4 is 28.9 Å². The molecule has 0 atom stereocenters. The second-order valence-electron chi connectivity index (χ2n) is 6.35. The van der Waals surface area contributed by atoms with Gasteiger partial charge in [0.1, 0.15) is 11.6 Å². The molecule has 0 aliphatic rings. The number of nitrogens with one attached hydrogen (secondary N) is 1. The molecule has 0 bridgehead atoms. The van der Waals surface area contributed by atoms with Crippen LogP contribution in [0.25, 0.3) is 5.78 Å². The molecular weight excluding hydrogens is 365 g/mol. The van der Waals surface area contributed by atoms with Crippen molar-refractivity contribution in [1.29, 1.82) is 0 Å². The number of halogens is 2. The van der Waals surface area contributed by atoms with E-state index in [0.29, 0.717) is 23.0 Å². The Labute approximate surface area is 160 Å². The van der Waals surface area contributed by atoms with Crippen molar-refractivity contribution in [3.8, 4) is 0 Å². The molecule has 136 valence electrons. The first-order chi connectivity index (χ1) is 13.0. The molecule has 0 saturated heterocycles. The molecule has 0 amide bonds. The number of anilines is 2. The van der Waals surface area contributed by atoms with Gasteiger partial charge in [0.2, 0.25) is 0 Å². The van der Waals surface area contributed by atoms with E-state index in [1.54, 1.807) is 10.6 Å². The Bertz CT molecular complexity index is 1120. The Morgan fingerprint density at radius 2 is 1.85 bits per heavy atom. The van der Waals surface area contributed by atoms with E-state index in [1.165, 1.54) is 12.1 Å². The quantitative estimate of drug-likeness (QED) is 0.548. The van der Waals surface area contributed by atoms with Gasteiger partial charge in [-0.3, -0.25) is 0 Å². The first-order valence-electron chi connectivity index (χ1n) is 8.49. The number of benzene rings is 2. The minimum atomic E-state index is -0.272. The molecule has 5 nitrogen and oxygen atoms in total. The van der Waals surface area contributed by atoms with E-state index in [9.17, 15) is 4.39 Å². The van der Waals surface area contributed by atoms with Crippen molar-refractivity contribution in [3.05, 3.63) is 82.0 Å². The summed E-state index contributed by atoms with van der Waals surface area (Å²) in [6.45, 7) is 3.91. The first kappa shape index (κ1) is 17.4. The molecule has 4 aromatic rings. The molecule has 0 radical (unpaired) electrons. The molecule has 0 spiro atoms. The van der Waals surface area contributed by atoms with E-state index in [2.05, 4.69) is 20.4 Å². The molecule has 2 heterocycles. The molecule has 27 heavy (non-hydrogen) atoms. The highest BCUT2D eigenvalue weighted by molar-refractivity contribution is 6.30. The average Bonchev–Trinajstić information content (AvgIpc) is 3.02. The molecule has 4 rings (SSSR count). The maximum absolute atomic E-state index is 13.4. The fourth-order valence-corrected chi connectivity index (χ4v) is 2.98. The van der Waals surface area contributed by atoms with E-state index in [-0.39, 0.29) is 5.82 Å². The van der Waals surface area contributed by atoms with Crippen molar-refractivity contribution in [3.63, 3.8) is 0 Å². The van der Waals surface area contributed by atoms with Crippen LogP contribution in [-0.4, -0.2) is 19.6 Å². The van der Waals surface area contributed by atoms with E-state index in [4.69, 9.17) is 11.6 Å². The summed E-state index contributed by atoms with van der Waals surface area (Å²) in [5.41, 5.74) is 3.53. The minimum absolute atomic E-state index is 0.272. The van der Waals surface area contributed by atoms with Gasteiger partial charge in [0, 0.05) is 28.4 Å². The largest absolute Gasteiger partial charge is 0.340 e. The minimum Gasteiger partial charge on any atom is -0.340 e. The lowest BCUT2D eigenvalue weighted by Gasteiger charge is -2.12. The SMILES string of the molecule is Cc1nc2nc(Cc3cccc(F)c3)nn2c(Nc2ccc(Cl)cc2)c1C. The predicted molar refractivity (Wildman–Crippen MR) is 104 cm³/mol. The molecule has 0 fully saturated rings. The fraction of sp³-hybridized carbons (Fsp3) is 0.150. The molecule has 2 aromatic heterocycles. The van der Waals surface area contributed by atoms with Gasteiger partial charge in [-0.15, -0.1) is 5.10 Å². The summed E-state index contributed by atoms with van der Waals surface area (Å²) in [4.78, 5) is 9.04. The summed E-state index contributed by atoms with van der Waals surface area (Å²) in [5, 5.41) is 8.63. The van der Waals surface area contributed by atoms with Gasteiger partial charge in [-0.25, -0.2) is 9.37 Å². The van der Waals surface area contributed by atoms with E-state index < -0.39 is 0 Å². The Hall–Kier alpha value is -2.99. The van der Waals surface area contributed by atoms with Crippen LogP contribution >= 0.6 is 11.6 Å². The number of fused-ring (bicyclic) bond motifs is 1. The lowest BCUT2D eigenvalue weighted by atomic mass is 10.1. The number of hydrogen-bond acceptors (Lipinski definition) is 4. The van der Waals surface area contributed by atoms with Crippen LogP contribution in [-0.2, 0) is 6.42 Å². The van der Waals surface area contributed by atoms with E-state index in [1.807, 2.05) is 44.2 Å². The van der Waals surface area contributed by atoms with Crippen LogP contribution in [0.3, 0.4) is 0 Å². The third kappa shape index (κ3) is 3.61. The summed E-state index contributed by atoms with van der Waals surface area (Å²) in [6.07, 6.45) is 0.430. The third-order valence-electron chi connectivity index (χ3n) is 4.37. The topological polar surface area (TPSA) is 55.1 Å².